The van der Waals surface area contributed by atoms with Crippen LogP contribution in [0.25, 0.3) is 0 Å². The topological polar surface area (TPSA) is 38.3 Å². The Bertz CT molecular complexity index is 436. The summed E-state index contributed by atoms with van der Waals surface area (Å²) in [5.74, 6) is 1.50. The van der Waals surface area contributed by atoms with Gasteiger partial charge in [-0.3, -0.25) is 4.79 Å². The van der Waals surface area contributed by atoms with Gasteiger partial charge in [0.1, 0.15) is 0 Å². The third-order valence-corrected chi connectivity index (χ3v) is 4.34. The standard InChI is InChI=1S/C16H23NO2S/c1-12-6-13(2)8-14(7-12)10-20-11-16(18)17-9-15-4-3-5-19-15/h6-8,15H,3-5,9-11H2,1-2H3,(H,17,18)/t15-/m1/s1. The number of rotatable bonds is 6. The summed E-state index contributed by atoms with van der Waals surface area (Å²) in [6, 6.07) is 6.54. The van der Waals surface area contributed by atoms with Crippen LogP contribution >= 0.6 is 11.8 Å². The molecular formula is C16H23NO2S. The predicted molar refractivity (Wildman–Crippen MR) is 84.1 cm³/mol. The Kier molecular flexibility index (Phi) is 5.92. The Hall–Kier alpha value is -1.00. The summed E-state index contributed by atoms with van der Waals surface area (Å²) < 4.78 is 5.48. The number of benzene rings is 1. The minimum absolute atomic E-state index is 0.106. The van der Waals surface area contributed by atoms with Gasteiger partial charge in [-0.2, -0.15) is 0 Å². The van der Waals surface area contributed by atoms with Crippen molar-refractivity contribution in [3.8, 4) is 0 Å². The van der Waals surface area contributed by atoms with Crippen LogP contribution < -0.4 is 5.32 Å². The highest BCUT2D eigenvalue weighted by Crippen LogP contribution is 2.16. The van der Waals surface area contributed by atoms with E-state index in [1.165, 1.54) is 16.7 Å². The summed E-state index contributed by atoms with van der Waals surface area (Å²) in [6.45, 7) is 5.70. The molecular weight excluding hydrogens is 270 g/mol. The molecule has 2 rings (SSSR count). The van der Waals surface area contributed by atoms with Gasteiger partial charge in [0, 0.05) is 18.9 Å². The van der Waals surface area contributed by atoms with Crippen LogP contribution in [0.4, 0.5) is 0 Å². The number of carbonyl (C=O) groups excluding carboxylic acids is 1. The number of amides is 1. The molecule has 1 aromatic rings. The molecule has 0 aliphatic carbocycles. The minimum atomic E-state index is 0.106. The summed E-state index contributed by atoms with van der Waals surface area (Å²) >= 11 is 1.66. The van der Waals surface area contributed by atoms with Gasteiger partial charge in [-0.25, -0.2) is 0 Å². The number of hydrogen-bond donors (Lipinski definition) is 1. The molecule has 0 unspecified atom stereocenters. The predicted octanol–water partition coefficient (Wildman–Crippen LogP) is 2.83. The van der Waals surface area contributed by atoms with Crippen LogP contribution in [0.1, 0.15) is 29.5 Å². The Balaban J connectivity index is 1.65. The molecule has 3 nitrogen and oxygen atoms in total. The van der Waals surface area contributed by atoms with E-state index in [1.807, 2.05) is 0 Å². The zero-order chi connectivity index (χ0) is 14.4. The number of nitrogens with one attached hydrogen (secondary N) is 1. The fourth-order valence-electron chi connectivity index (χ4n) is 2.50. The first-order valence-corrected chi connectivity index (χ1v) is 8.32. The first kappa shape index (κ1) is 15.4. The van der Waals surface area contributed by atoms with Gasteiger partial charge in [0.05, 0.1) is 11.9 Å². The second kappa shape index (κ2) is 7.70. The van der Waals surface area contributed by atoms with Gasteiger partial charge in [0.15, 0.2) is 0 Å². The third-order valence-electron chi connectivity index (χ3n) is 3.33. The molecule has 0 saturated carbocycles. The summed E-state index contributed by atoms with van der Waals surface area (Å²) in [5.41, 5.74) is 3.85. The monoisotopic (exact) mass is 293 g/mol. The fourth-order valence-corrected chi connectivity index (χ4v) is 3.29. The number of ether oxygens (including phenoxy) is 1. The molecule has 1 N–H and O–H groups in total. The average molecular weight is 293 g/mol. The maximum atomic E-state index is 11.7. The maximum absolute atomic E-state index is 11.7. The molecule has 20 heavy (non-hydrogen) atoms. The average Bonchev–Trinajstić information content (AvgIpc) is 2.88. The van der Waals surface area contributed by atoms with E-state index in [0.29, 0.717) is 12.3 Å². The molecule has 1 aliphatic heterocycles. The summed E-state index contributed by atoms with van der Waals surface area (Å²) in [7, 11) is 0. The van der Waals surface area contributed by atoms with Crippen LogP contribution in [0.2, 0.25) is 0 Å². The Morgan fingerprint density at radius 1 is 1.35 bits per heavy atom. The van der Waals surface area contributed by atoms with Gasteiger partial charge >= 0.3 is 0 Å². The van der Waals surface area contributed by atoms with Gasteiger partial charge in [-0.05, 0) is 32.3 Å². The molecule has 0 radical (unpaired) electrons. The fraction of sp³-hybridized carbons (Fsp3) is 0.562. The van der Waals surface area contributed by atoms with E-state index in [1.54, 1.807) is 11.8 Å². The molecule has 1 heterocycles. The zero-order valence-electron chi connectivity index (χ0n) is 12.3. The van der Waals surface area contributed by atoms with Gasteiger partial charge in [0.25, 0.3) is 0 Å². The molecule has 1 aliphatic rings. The first-order valence-electron chi connectivity index (χ1n) is 7.17. The second-order valence-corrected chi connectivity index (χ2v) is 6.41. The van der Waals surface area contributed by atoms with E-state index < -0.39 is 0 Å². The van der Waals surface area contributed by atoms with Gasteiger partial charge in [-0.15, -0.1) is 11.8 Å². The quantitative estimate of drug-likeness (QED) is 0.876. The van der Waals surface area contributed by atoms with Crippen molar-refractivity contribution in [2.75, 3.05) is 18.9 Å². The lowest BCUT2D eigenvalue weighted by Crippen LogP contribution is -2.32. The Labute approximate surface area is 125 Å². The third kappa shape index (κ3) is 5.17. The van der Waals surface area contributed by atoms with Crippen molar-refractivity contribution < 1.29 is 9.53 Å². The lowest BCUT2D eigenvalue weighted by molar-refractivity contribution is -0.119. The summed E-state index contributed by atoms with van der Waals surface area (Å²) in [4.78, 5) is 11.7. The number of hydrogen-bond acceptors (Lipinski definition) is 3. The summed E-state index contributed by atoms with van der Waals surface area (Å²) in [5, 5.41) is 2.95. The van der Waals surface area contributed by atoms with Crippen LogP contribution in [0.5, 0.6) is 0 Å². The molecule has 1 fully saturated rings. The van der Waals surface area contributed by atoms with E-state index in [0.717, 1.165) is 25.2 Å². The number of aryl methyl sites for hydroxylation is 2. The molecule has 1 aromatic carbocycles. The second-order valence-electron chi connectivity index (χ2n) is 5.43. The van der Waals surface area contributed by atoms with E-state index in [2.05, 4.69) is 37.4 Å². The van der Waals surface area contributed by atoms with Crippen LogP contribution in [0.3, 0.4) is 0 Å². The minimum Gasteiger partial charge on any atom is -0.376 e. The van der Waals surface area contributed by atoms with Crippen molar-refractivity contribution in [2.24, 2.45) is 0 Å². The van der Waals surface area contributed by atoms with Crippen molar-refractivity contribution in [3.05, 3.63) is 34.9 Å². The van der Waals surface area contributed by atoms with Gasteiger partial charge in [0.2, 0.25) is 5.91 Å². The molecule has 1 amide bonds. The van der Waals surface area contributed by atoms with Crippen LogP contribution in [0, 0.1) is 13.8 Å². The van der Waals surface area contributed by atoms with Gasteiger partial charge in [-0.1, -0.05) is 29.3 Å². The number of thioether (sulfide) groups is 1. The highest BCUT2D eigenvalue weighted by molar-refractivity contribution is 7.99. The van der Waals surface area contributed by atoms with Crippen molar-refractivity contribution in [3.63, 3.8) is 0 Å². The Morgan fingerprint density at radius 3 is 2.75 bits per heavy atom. The SMILES string of the molecule is Cc1cc(C)cc(CSCC(=O)NC[C@H]2CCCO2)c1. The summed E-state index contributed by atoms with van der Waals surface area (Å²) in [6.07, 6.45) is 2.40. The molecule has 0 bridgehead atoms. The first-order chi connectivity index (χ1) is 9.63. The van der Waals surface area contributed by atoms with Crippen molar-refractivity contribution in [1.82, 2.24) is 5.32 Å². The lowest BCUT2D eigenvalue weighted by atomic mass is 10.1. The van der Waals surface area contributed by atoms with Crippen molar-refractivity contribution in [2.45, 2.75) is 38.5 Å². The zero-order valence-corrected chi connectivity index (χ0v) is 13.1. The maximum Gasteiger partial charge on any atom is 0.230 e. The Morgan fingerprint density at radius 2 is 2.10 bits per heavy atom. The molecule has 0 aromatic heterocycles. The molecule has 0 spiro atoms. The van der Waals surface area contributed by atoms with Gasteiger partial charge < -0.3 is 10.1 Å². The highest BCUT2D eigenvalue weighted by Gasteiger charge is 2.15. The van der Waals surface area contributed by atoms with E-state index in [4.69, 9.17) is 4.74 Å². The van der Waals surface area contributed by atoms with E-state index >= 15 is 0 Å². The normalized spacial score (nSPS) is 18.2. The van der Waals surface area contributed by atoms with Crippen LogP contribution in [-0.4, -0.2) is 30.9 Å². The lowest BCUT2D eigenvalue weighted by Gasteiger charge is -2.10. The highest BCUT2D eigenvalue weighted by atomic mass is 32.2. The largest absolute Gasteiger partial charge is 0.376 e. The molecule has 1 saturated heterocycles. The van der Waals surface area contributed by atoms with Crippen LogP contribution in [-0.2, 0) is 15.3 Å². The number of carbonyl (C=O) groups is 1. The molecule has 1 atom stereocenters. The molecule has 4 heteroatoms. The smallest absolute Gasteiger partial charge is 0.230 e. The van der Waals surface area contributed by atoms with E-state index in [-0.39, 0.29) is 12.0 Å². The van der Waals surface area contributed by atoms with Crippen molar-refractivity contribution >= 4 is 17.7 Å². The molecule has 110 valence electrons. The van der Waals surface area contributed by atoms with Crippen molar-refractivity contribution in [1.29, 1.82) is 0 Å². The van der Waals surface area contributed by atoms with Crippen LogP contribution in [0.15, 0.2) is 18.2 Å². The van der Waals surface area contributed by atoms with E-state index in [9.17, 15) is 4.79 Å².